The number of fused-ring (bicyclic) bond motifs is 1. The smallest absolute Gasteiger partial charge is 0.319 e. The number of hydrogen-bond donors (Lipinski definition) is 2. The first kappa shape index (κ1) is 15.9. The largest absolute Gasteiger partial charge is 0.548 e. The lowest BCUT2D eigenvalue weighted by Gasteiger charge is -2.22. The van der Waals surface area contributed by atoms with Crippen LogP contribution in [0.4, 0.5) is 10.5 Å². The van der Waals surface area contributed by atoms with Gasteiger partial charge in [-0.2, -0.15) is 0 Å². The quantitative estimate of drug-likeness (QED) is 0.836. The molecule has 1 aromatic carbocycles. The second-order valence-electron chi connectivity index (χ2n) is 5.46. The maximum Gasteiger partial charge on any atom is 0.319 e. The number of nitrogens with one attached hydrogen (secondary N) is 2. The van der Waals surface area contributed by atoms with E-state index >= 15 is 0 Å². The normalized spacial score (nSPS) is 14.3. The summed E-state index contributed by atoms with van der Waals surface area (Å²) in [5, 5.41) is 16.0. The zero-order valence-electron chi connectivity index (χ0n) is 12.5. The number of aliphatic carboxylic acids is 1. The number of hydrogen-bond acceptors (Lipinski definition) is 5. The molecular formula is C15H19N2O5-. The van der Waals surface area contributed by atoms with Gasteiger partial charge in [-0.1, -0.05) is 13.8 Å². The molecule has 0 radical (unpaired) electrons. The molecule has 0 spiro atoms. The van der Waals surface area contributed by atoms with Crippen molar-refractivity contribution < 1.29 is 24.2 Å². The summed E-state index contributed by atoms with van der Waals surface area (Å²) < 4.78 is 10.8. The van der Waals surface area contributed by atoms with E-state index in [0.29, 0.717) is 36.8 Å². The monoisotopic (exact) mass is 307 g/mol. The van der Waals surface area contributed by atoms with E-state index in [1.807, 2.05) is 13.8 Å². The van der Waals surface area contributed by atoms with Gasteiger partial charge in [0, 0.05) is 11.8 Å². The number of anilines is 1. The highest BCUT2D eigenvalue weighted by Gasteiger charge is 2.16. The van der Waals surface area contributed by atoms with E-state index in [0.717, 1.165) is 0 Å². The van der Waals surface area contributed by atoms with Gasteiger partial charge in [0.2, 0.25) is 0 Å². The van der Waals surface area contributed by atoms with Crippen molar-refractivity contribution in [3.8, 4) is 11.5 Å². The van der Waals surface area contributed by atoms with E-state index < -0.39 is 18.0 Å². The molecular weight excluding hydrogens is 288 g/mol. The van der Waals surface area contributed by atoms with Gasteiger partial charge >= 0.3 is 6.03 Å². The number of rotatable bonds is 5. The number of carbonyl (C=O) groups excluding carboxylic acids is 2. The van der Waals surface area contributed by atoms with Gasteiger partial charge in [-0.15, -0.1) is 0 Å². The van der Waals surface area contributed by atoms with Crippen LogP contribution in [0.5, 0.6) is 11.5 Å². The van der Waals surface area contributed by atoms with Crippen LogP contribution >= 0.6 is 0 Å². The zero-order chi connectivity index (χ0) is 16.1. The average Bonchev–Trinajstić information content (AvgIpc) is 2.45. The van der Waals surface area contributed by atoms with Crippen LogP contribution in [0.1, 0.15) is 20.3 Å². The van der Waals surface area contributed by atoms with Crippen LogP contribution in [0.2, 0.25) is 0 Å². The van der Waals surface area contributed by atoms with Crippen LogP contribution < -0.4 is 25.2 Å². The third-order valence-electron chi connectivity index (χ3n) is 3.10. The molecule has 1 aromatic rings. The summed E-state index contributed by atoms with van der Waals surface area (Å²) in [6.07, 6.45) is 0.302. The van der Waals surface area contributed by atoms with Crippen LogP contribution in [0.25, 0.3) is 0 Å². The Morgan fingerprint density at radius 3 is 2.55 bits per heavy atom. The fraction of sp³-hybridized carbons (Fsp3) is 0.467. The molecule has 0 unspecified atom stereocenters. The molecule has 1 aliphatic heterocycles. The number of benzene rings is 1. The summed E-state index contributed by atoms with van der Waals surface area (Å²) in [4.78, 5) is 22.9. The summed E-state index contributed by atoms with van der Waals surface area (Å²) in [6, 6.07) is 3.34. The molecule has 7 nitrogen and oxygen atoms in total. The SMILES string of the molecule is CC(C)C[C@H](NC(=O)Nc1ccc2c(c1)OCCO2)C(=O)[O-]. The molecule has 0 saturated heterocycles. The van der Waals surface area contributed by atoms with E-state index in [9.17, 15) is 14.7 Å². The summed E-state index contributed by atoms with van der Waals surface area (Å²) in [7, 11) is 0. The Labute approximate surface area is 128 Å². The molecule has 1 atom stereocenters. The Bertz CT molecular complexity index is 559. The highest BCUT2D eigenvalue weighted by molar-refractivity contribution is 5.92. The highest BCUT2D eigenvalue weighted by atomic mass is 16.6. The molecule has 1 aliphatic rings. The van der Waals surface area contributed by atoms with Gasteiger partial charge in [-0.25, -0.2) is 4.79 Å². The lowest BCUT2D eigenvalue weighted by Crippen LogP contribution is -2.49. The van der Waals surface area contributed by atoms with Crippen LogP contribution in [0.3, 0.4) is 0 Å². The Morgan fingerprint density at radius 1 is 1.23 bits per heavy atom. The van der Waals surface area contributed by atoms with Gasteiger partial charge in [0.05, 0.1) is 12.0 Å². The standard InChI is InChI=1S/C15H20N2O5/c1-9(2)7-11(14(18)19)17-15(20)16-10-3-4-12-13(8-10)22-6-5-21-12/h3-4,8-9,11H,5-7H2,1-2H3,(H,18,19)(H2,16,17,20)/p-1/t11-/m0/s1. The van der Waals surface area contributed by atoms with Crippen LogP contribution in [-0.4, -0.2) is 31.3 Å². The summed E-state index contributed by atoms with van der Waals surface area (Å²) in [5.74, 6) is -0.0178. The Balaban J connectivity index is 1.97. The molecule has 0 bridgehead atoms. The lowest BCUT2D eigenvalue weighted by atomic mass is 10.0. The molecule has 120 valence electrons. The maximum atomic E-state index is 11.9. The van der Waals surface area contributed by atoms with Gasteiger partial charge in [0.1, 0.15) is 13.2 Å². The Morgan fingerprint density at radius 2 is 1.91 bits per heavy atom. The first-order chi connectivity index (χ1) is 10.5. The summed E-state index contributed by atoms with van der Waals surface area (Å²) in [6.45, 7) is 4.68. The van der Waals surface area contributed by atoms with Crippen molar-refractivity contribution >= 4 is 17.7 Å². The average molecular weight is 307 g/mol. The van der Waals surface area contributed by atoms with Crippen molar-refractivity contribution in [2.45, 2.75) is 26.3 Å². The summed E-state index contributed by atoms with van der Waals surface area (Å²) in [5.41, 5.74) is 0.489. The molecule has 0 fully saturated rings. The fourth-order valence-electron chi connectivity index (χ4n) is 2.13. The number of carbonyl (C=O) groups is 2. The predicted molar refractivity (Wildman–Crippen MR) is 77.8 cm³/mol. The second kappa shape index (κ2) is 7.02. The minimum atomic E-state index is -1.30. The van der Waals surface area contributed by atoms with Crippen LogP contribution in [0, 0.1) is 5.92 Å². The minimum Gasteiger partial charge on any atom is -0.548 e. The summed E-state index contributed by atoms with van der Waals surface area (Å²) >= 11 is 0. The molecule has 0 aromatic heterocycles. The zero-order valence-corrected chi connectivity index (χ0v) is 12.5. The number of urea groups is 1. The second-order valence-corrected chi connectivity index (χ2v) is 5.46. The molecule has 22 heavy (non-hydrogen) atoms. The Kier molecular flexibility index (Phi) is 5.08. The van der Waals surface area contributed by atoms with Gasteiger partial charge in [0.25, 0.3) is 0 Å². The molecule has 0 saturated carbocycles. The molecule has 2 rings (SSSR count). The lowest BCUT2D eigenvalue weighted by molar-refractivity contribution is -0.308. The van der Waals surface area contributed by atoms with E-state index in [-0.39, 0.29) is 5.92 Å². The van der Waals surface area contributed by atoms with E-state index in [1.54, 1.807) is 18.2 Å². The first-order valence-corrected chi connectivity index (χ1v) is 7.13. The van der Waals surface area contributed by atoms with Crippen molar-refractivity contribution in [3.63, 3.8) is 0 Å². The van der Waals surface area contributed by atoms with Crippen molar-refractivity contribution in [1.29, 1.82) is 0 Å². The van der Waals surface area contributed by atoms with Gasteiger partial charge in [-0.3, -0.25) is 0 Å². The van der Waals surface area contributed by atoms with Crippen LogP contribution in [-0.2, 0) is 4.79 Å². The minimum absolute atomic E-state index is 0.123. The molecule has 7 heteroatoms. The van der Waals surface area contributed by atoms with Gasteiger partial charge in [0.15, 0.2) is 11.5 Å². The van der Waals surface area contributed by atoms with Crippen molar-refractivity contribution in [3.05, 3.63) is 18.2 Å². The fourth-order valence-corrected chi connectivity index (χ4v) is 2.13. The first-order valence-electron chi connectivity index (χ1n) is 7.13. The highest BCUT2D eigenvalue weighted by Crippen LogP contribution is 2.32. The van der Waals surface area contributed by atoms with E-state index in [1.165, 1.54) is 0 Å². The number of ether oxygens (including phenoxy) is 2. The van der Waals surface area contributed by atoms with E-state index in [2.05, 4.69) is 10.6 Å². The number of carboxylic acid groups (broad SMARTS) is 1. The third kappa shape index (κ3) is 4.28. The van der Waals surface area contributed by atoms with Crippen molar-refractivity contribution in [2.24, 2.45) is 5.92 Å². The topological polar surface area (TPSA) is 99.7 Å². The molecule has 0 aliphatic carbocycles. The maximum absolute atomic E-state index is 11.9. The van der Waals surface area contributed by atoms with Gasteiger partial charge < -0.3 is 30.0 Å². The molecule has 1 heterocycles. The molecule has 2 amide bonds. The number of amides is 2. The van der Waals surface area contributed by atoms with Crippen molar-refractivity contribution in [1.82, 2.24) is 5.32 Å². The van der Waals surface area contributed by atoms with Gasteiger partial charge in [-0.05, 0) is 24.5 Å². The molecule has 2 N–H and O–H groups in total. The van der Waals surface area contributed by atoms with Crippen molar-refractivity contribution in [2.75, 3.05) is 18.5 Å². The Hall–Kier alpha value is -2.44. The predicted octanol–water partition coefficient (Wildman–Crippen LogP) is 0.744. The van der Waals surface area contributed by atoms with Crippen LogP contribution in [0.15, 0.2) is 18.2 Å². The van der Waals surface area contributed by atoms with E-state index in [4.69, 9.17) is 9.47 Å². The number of carboxylic acids is 1. The third-order valence-corrected chi connectivity index (χ3v) is 3.10.